The third-order valence-corrected chi connectivity index (χ3v) is 7.63. The van der Waals surface area contributed by atoms with Crippen molar-refractivity contribution in [3.63, 3.8) is 0 Å². The summed E-state index contributed by atoms with van der Waals surface area (Å²) in [5.74, 6) is -3.16. The molecule has 1 fully saturated rings. The first kappa shape index (κ1) is 21.1. The molecule has 2 N–H and O–H groups in total. The zero-order valence-electron chi connectivity index (χ0n) is 15.6. The smallest absolute Gasteiger partial charge is 0.271 e. The van der Waals surface area contributed by atoms with E-state index in [1.807, 2.05) is 0 Å². The predicted octanol–water partition coefficient (Wildman–Crippen LogP) is 1.53. The quantitative estimate of drug-likeness (QED) is 0.728. The summed E-state index contributed by atoms with van der Waals surface area (Å²) in [6, 6.07) is 6.55. The zero-order valence-corrected chi connectivity index (χ0v) is 16.4. The number of halogens is 1. The highest BCUT2D eigenvalue weighted by Crippen LogP contribution is 2.33. The van der Waals surface area contributed by atoms with Crippen LogP contribution in [-0.4, -0.2) is 49.5 Å². The summed E-state index contributed by atoms with van der Waals surface area (Å²) >= 11 is 0. The van der Waals surface area contributed by atoms with Gasteiger partial charge >= 0.3 is 0 Å². The first-order chi connectivity index (χ1) is 12.5. The monoisotopic (exact) mass is 397 g/mol. The number of hydrogen-bond acceptors (Lipinski definition) is 6. The van der Waals surface area contributed by atoms with E-state index in [1.165, 1.54) is 27.0 Å². The van der Waals surface area contributed by atoms with Crippen molar-refractivity contribution in [3.8, 4) is 11.8 Å². The fourth-order valence-electron chi connectivity index (χ4n) is 3.01. The van der Waals surface area contributed by atoms with Crippen LogP contribution in [0.25, 0.3) is 0 Å². The van der Waals surface area contributed by atoms with Gasteiger partial charge in [-0.25, -0.2) is 12.8 Å². The molecule has 2 atom stereocenters. The first-order valence-corrected chi connectivity index (χ1v) is 10.2. The fourth-order valence-corrected chi connectivity index (χ4v) is 4.49. The summed E-state index contributed by atoms with van der Waals surface area (Å²) in [6.45, 7) is 2.71. The second-order valence-corrected chi connectivity index (χ2v) is 9.73. The Morgan fingerprint density at radius 1 is 1.52 bits per heavy atom. The van der Waals surface area contributed by atoms with Crippen LogP contribution in [0.5, 0.6) is 5.75 Å². The third kappa shape index (κ3) is 3.92. The van der Waals surface area contributed by atoms with Crippen molar-refractivity contribution < 1.29 is 22.3 Å². The topological polar surface area (TPSA) is 113 Å². The van der Waals surface area contributed by atoms with E-state index in [2.05, 4.69) is 0 Å². The van der Waals surface area contributed by atoms with E-state index >= 15 is 0 Å². The number of rotatable bonds is 6. The van der Waals surface area contributed by atoms with E-state index in [-0.39, 0.29) is 18.7 Å². The Morgan fingerprint density at radius 3 is 2.78 bits per heavy atom. The van der Waals surface area contributed by atoms with Gasteiger partial charge in [0.25, 0.3) is 5.79 Å². The zero-order chi connectivity index (χ0) is 20.5. The van der Waals surface area contributed by atoms with E-state index in [9.17, 15) is 17.6 Å². The van der Waals surface area contributed by atoms with Crippen molar-refractivity contribution in [2.45, 2.75) is 49.0 Å². The van der Waals surface area contributed by atoms with E-state index < -0.39 is 32.3 Å². The minimum absolute atomic E-state index is 0.0304. The van der Waals surface area contributed by atoms with Gasteiger partial charge in [-0.3, -0.25) is 9.69 Å². The SMILES string of the molecule is COc1cccc(CS(=O)(=O)C(C)(C)[C@H](N)C(=O)N2CCC[C@]2(F)C#N)c1. The Balaban J connectivity index is 2.26. The normalized spacial score (nSPS) is 21.6. The number of benzene rings is 1. The number of methoxy groups -OCH3 is 1. The van der Waals surface area contributed by atoms with Gasteiger partial charge in [-0.2, -0.15) is 5.26 Å². The van der Waals surface area contributed by atoms with Gasteiger partial charge in [0, 0.05) is 13.0 Å². The number of nitrogens with zero attached hydrogens (tertiary/aromatic N) is 2. The molecular weight excluding hydrogens is 373 g/mol. The van der Waals surface area contributed by atoms with Gasteiger partial charge in [-0.05, 0) is 38.0 Å². The molecule has 1 aromatic carbocycles. The maximum Gasteiger partial charge on any atom is 0.271 e. The van der Waals surface area contributed by atoms with Gasteiger partial charge in [0.05, 0.1) is 17.6 Å². The lowest BCUT2D eigenvalue weighted by atomic mass is 10.0. The maximum atomic E-state index is 14.6. The summed E-state index contributed by atoms with van der Waals surface area (Å²) in [6.07, 6.45) is 0.207. The van der Waals surface area contributed by atoms with Gasteiger partial charge in [0.1, 0.15) is 17.9 Å². The van der Waals surface area contributed by atoms with Crippen LogP contribution in [0.3, 0.4) is 0 Å². The number of nitriles is 1. The molecule has 1 heterocycles. The van der Waals surface area contributed by atoms with Gasteiger partial charge in [0.15, 0.2) is 9.84 Å². The number of carbonyl (C=O) groups excluding carboxylic acids is 1. The molecule has 1 amide bonds. The minimum atomic E-state index is -3.89. The number of ether oxygens (including phenoxy) is 1. The molecule has 0 aromatic heterocycles. The van der Waals surface area contributed by atoms with Crippen LogP contribution in [0.2, 0.25) is 0 Å². The second-order valence-electron chi connectivity index (χ2n) is 7.16. The van der Waals surface area contributed by atoms with Crippen molar-refractivity contribution in [1.29, 1.82) is 5.26 Å². The lowest BCUT2D eigenvalue weighted by molar-refractivity contribution is -0.140. The average molecular weight is 397 g/mol. The van der Waals surface area contributed by atoms with E-state index in [0.717, 1.165) is 4.90 Å². The van der Waals surface area contributed by atoms with Crippen LogP contribution in [0.4, 0.5) is 4.39 Å². The molecule has 0 unspecified atom stereocenters. The van der Waals surface area contributed by atoms with Crippen molar-refractivity contribution in [2.75, 3.05) is 13.7 Å². The molecule has 0 saturated carbocycles. The molecule has 0 aliphatic carbocycles. The molecule has 0 bridgehead atoms. The van der Waals surface area contributed by atoms with E-state index in [4.69, 9.17) is 15.7 Å². The summed E-state index contributed by atoms with van der Waals surface area (Å²) < 4.78 is 43.9. The highest BCUT2D eigenvalue weighted by atomic mass is 32.2. The molecule has 7 nitrogen and oxygen atoms in total. The minimum Gasteiger partial charge on any atom is -0.497 e. The molecule has 1 aliphatic heterocycles. The summed E-state index contributed by atoms with van der Waals surface area (Å²) in [5, 5.41) is 9.04. The molecule has 2 rings (SSSR count). The van der Waals surface area contributed by atoms with Gasteiger partial charge in [0.2, 0.25) is 5.91 Å². The number of sulfone groups is 1. The molecule has 9 heteroatoms. The molecule has 0 radical (unpaired) electrons. The highest BCUT2D eigenvalue weighted by Gasteiger charge is 2.51. The molecule has 0 spiro atoms. The van der Waals surface area contributed by atoms with E-state index in [1.54, 1.807) is 24.3 Å². The predicted molar refractivity (Wildman–Crippen MR) is 98.1 cm³/mol. The number of amides is 1. The van der Waals surface area contributed by atoms with Crippen molar-refractivity contribution >= 4 is 15.7 Å². The Bertz CT molecular complexity index is 866. The van der Waals surface area contributed by atoms with Crippen molar-refractivity contribution in [3.05, 3.63) is 29.8 Å². The first-order valence-electron chi connectivity index (χ1n) is 8.51. The number of nitrogens with two attached hydrogens (primary N) is 1. The van der Waals surface area contributed by atoms with Crippen molar-refractivity contribution in [1.82, 2.24) is 4.90 Å². The lowest BCUT2D eigenvalue weighted by Crippen LogP contribution is -2.60. The summed E-state index contributed by atoms with van der Waals surface area (Å²) in [7, 11) is -2.42. The average Bonchev–Trinajstić information content (AvgIpc) is 3.02. The molecule has 1 saturated heterocycles. The molecule has 148 valence electrons. The van der Waals surface area contributed by atoms with Crippen LogP contribution in [0.1, 0.15) is 32.3 Å². The molecule has 1 aliphatic rings. The van der Waals surface area contributed by atoms with Crippen molar-refractivity contribution in [2.24, 2.45) is 5.73 Å². The number of alkyl halides is 1. The molecular formula is C18H24FN3O4S. The highest BCUT2D eigenvalue weighted by molar-refractivity contribution is 7.92. The van der Waals surface area contributed by atoms with E-state index in [0.29, 0.717) is 17.7 Å². The number of likely N-dealkylation sites (tertiary alicyclic amines) is 1. The standard InChI is InChI=1S/C18H24FN3O4S/c1-17(2,15(21)16(23)22-9-5-8-18(22,19)12-20)27(24,25)11-13-6-4-7-14(10-13)26-3/h4,6-7,10,15H,5,8-9,11,21H2,1-3H3/t15-,18-/m1/s1. The number of hydrogen-bond donors (Lipinski definition) is 1. The third-order valence-electron chi connectivity index (χ3n) is 5.06. The Kier molecular flexibility index (Phi) is 5.82. The largest absolute Gasteiger partial charge is 0.497 e. The Morgan fingerprint density at radius 2 is 2.19 bits per heavy atom. The van der Waals surface area contributed by atoms with Crippen LogP contribution in [0, 0.1) is 11.3 Å². The van der Waals surface area contributed by atoms with Crippen LogP contribution in [0.15, 0.2) is 24.3 Å². The van der Waals surface area contributed by atoms with Gasteiger partial charge in [-0.15, -0.1) is 0 Å². The van der Waals surface area contributed by atoms with Gasteiger partial charge < -0.3 is 10.5 Å². The van der Waals surface area contributed by atoms with Crippen LogP contribution < -0.4 is 10.5 Å². The summed E-state index contributed by atoms with van der Waals surface area (Å²) in [4.78, 5) is 13.4. The maximum absolute atomic E-state index is 14.6. The summed E-state index contributed by atoms with van der Waals surface area (Å²) in [5.41, 5.74) is 6.46. The molecule has 1 aromatic rings. The fraction of sp³-hybridized carbons (Fsp3) is 0.556. The second kappa shape index (κ2) is 7.44. The van der Waals surface area contributed by atoms with Crippen LogP contribution in [-0.2, 0) is 20.4 Å². The van der Waals surface area contributed by atoms with Crippen LogP contribution >= 0.6 is 0 Å². The molecule has 27 heavy (non-hydrogen) atoms. The Labute approximate surface area is 158 Å². The van der Waals surface area contributed by atoms with Gasteiger partial charge in [-0.1, -0.05) is 12.1 Å². The Hall–Kier alpha value is -2.18. The number of carbonyl (C=O) groups is 1. The lowest BCUT2D eigenvalue weighted by Gasteiger charge is -2.35.